The fourth-order valence-corrected chi connectivity index (χ4v) is 3.59. The molecule has 1 aliphatic rings. The number of anilines is 1. The van der Waals surface area contributed by atoms with E-state index in [-0.39, 0.29) is 36.4 Å². The van der Waals surface area contributed by atoms with E-state index in [9.17, 15) is 9.59 Å². The number of nitrogens with two attached hydrogens (primary N) is 1. The van der Waals surface area contributed by atoms with Crippen LogP contribution in [0.3, 0.4) is 0 Å². The Labute approximate surface area is 188 Å². The number of methoxy groups -OCH3 is 2. The molecule has 0 radical (unpaired) electrons. The van der Waals surface area contributed by atoms with Crippen molar-refractivity contribution in [2.75, 3.05) is 46.2 Å². The van der Waals surface area contributed by atoms with E-state index in [1.807, 2.05) is 0 Å². The molecule has 10 heteroatoms. The van der Waals surface area contributed by atoms with Crippen molar-refractivity contribution in [3.8, 4) is 5.75 Å². The zero-order valence-corrected chi connectivity index (χ0v) is 19.2. The molecule has 1 aliphatic heterocycles. The maximum atomic E-state index is 12.8. The van der Waals surface area contributed by atoms with Crippen LogP contribution in [0, 0.1) is 0 Å². The van der Waals surface area contributed by atoms with E-state index in [4.69, 9.17) is 31.5 Å². The lowest BCUT2D eigenvalue weighted by molar-refractivity contribution is -0.143. The average Bonchev–Trinajstić information content (AvgIpc) is 2.70. The SMILES string of the molecule is CCOC(=O)CCCN1CC[C@@H](NC(=O)c2cc(Cl)c(N)cc2OC)[C@@H](OC)C1.Cl. The number of rotatable bonds is 9. The first kappa shape index (κ1) is 26.3. The predicted octanol–water partition coefficient (Wildman–Crippen LogP) is 2.52. The summed E-state index contributed by atoms with van der Waals surface area (Å²) in [7, 11) is 3.11. The van der Waals surface area contributed by atoms with Gasteiger partial charge >= 0.3 is 5.97 Å². The van der Waals surface area contributed by atoms with Gasteiger partial charge < -0.3 is 30.2 Å². The van der Waals surface area contributed by atoms with Gasteiger partial charge in [0.15, 0.2) is 0 Å². The van der Waals surface area contributed by atoms with Crippen molar-refractivity contribution in [1.82, 2.24) is 10.2 Å². The van der Waals surface area contributed by atoms with Crippen molar-refractivity contribution in [3.63, 3.8) is 0 Å². The number of carbonyl (C=O) groups is 2. The van der Waals surface area contributed by atoms with Gasteiger partial charge in [0.1, 0.15) is 5.75 Å². The van der Waals surface area contributed by atoms with Gasteiger partial charge in [-0.15, -0.1) is 12.4 Å². The third kappa shape index (κ3) is 7.19. The smallest absolute Gasteiger partial charge is 0.305 e. The lowest BCUT2D eigenvalue weighted by Gasteiger charge is -2.38. The summed E-state index contributed by atoms with van der Waals surface area (Å²) in [6.45, 7) is 4.45. The van der Waals surface area contributed by atoms with Crippen LogP contribution in [0.15, 0.2) is 12.1 Å². The maximum Gasteiger partial charge on any atom is 0.305 e. The molecule has 1 aromatic carbocycles. The first-order chi connectivity index (χ1) is 13.9. The molecule has 1 aromatic rings. The Bertz CT molecular complexity index is 720. The van der Waals surface area contributed by atoms with Crippen LogP contribution in [0.2, 0.25) is 5.02 Å². The fraction of sp³-hybridized carbons (Fsp3) is 0.600. The van der Waals surface area contributed by atoms with E-state index in [1.165, 1.54) is 19.2 Å². The van der Waals surface area contributed by atoms with Crippen molar-refractivity contribution >= 4 is 41.6 Å². The third-order valence-electron chi connectivity index (χ3n) is 4.99. The number of carbonyl (C=O) groups excluding carboxylic acids is 2. The molecular weight excluding hydrogens is 433 g/mol. The largest absolute Gasteiger partial charge is 0.496 e. The first-order valence-corrected chi connectivity index (χ1v) is 10.1. The van der Waals surface area contributed by atoms with E-state index < -0.39 is 0 Å². The molecule has 1 amide bonds. The van der Waals surface area contributed by atoms with Crippen LogP contribution in [-0.4, -0.2) is 69.4 Å². The molecule has 0 bridgehead atoms. The fourth-order valence-electron chi connectivity index (χ4n) is 3.43. The monoisotopic (exact) mass is 463 g/mol. The molecule has 30 heavy (non-hydrogen) atoms. The minimum atomic E-state index is -0.286. The molecule has 1 saturated heterocycles. The van der Waals surface area contributed by atoms with Gasteiger partial charge in [-0.05, 0) is 32.4 Å². The minimum Gasteiger partial charge on any atom is -0.496 e. The van der Waals surface area contributed by atoms with Gasteiger partial charge in [0, 0.05) is 32.7 Å². The average molecular weight is 464 g/mol. The lowest BCUT2D eigenvalue weighted by atomic mass is 10.0. The number of nitrogens with one attached hydrogen (secondary N) is 1. The summed E-state index contributed by atoms with van der Waals surface area (Å²) < 4.78 is 15.8. The third-order valence-corrected chi connectivity index (χ3v) is 5.31. The summed E-state index contributed by atoms with van der Waals surface area (Å²) in [5.41, 5.74) is 6.47. The molecule has 170 valence electrons. The van der Waals surface area contributed by atoms with Gasteiger partial charge in [0.2, 0.25) is 0 Å². The number of amides is 1. The van der Waals surface area contributed by atoms with E-state index >= 15 is 0 Å². The van der Waals surface area contributed by atoms with E-state index in [2.05, 4.69) is 10.2 Å². The topological polar surface area (TPSA) is 103 Å². The second-order valence-electron chi connectivity index (χ2n) is 6.93. The number of piperidine rings is 1. The molecule has 3 N–H and O–H groups in total. The molecule has 2 atom stereocenters. The van der Waals surface area contributed by atoms with Crippen molar-refractivity contribution in [2.24, 2.45) is 0 Å². The van der Waals surface area contributed by atoms with Gasteiger partial charge in [0.25, 0.3) is 5.91 Å². The first-order valence-electron chi connectivity index (χ1n) is 9.74. The highest BCUT2D eigenvalue weighted by Gasteiger charge is 2.31. The highest BCUT2D eigenvalue weighted by Crippen LogP contribution is 2.29. The number of benzene rings is 1. The zero-order valence-electron chi connectivity index (χ0n) is 17.6. The number of halogens is 2. The summed E-state index contributed by atoms with van der Waals surface area (Å²) in [6, 6.07) is 2.91. The quantitative estimate of drug-likeness (QED) is 0.428. The number of ether oxygens (including phenoxy) is 3. The van der Waals surface area contributed by atoms with Crippen molar-refractivity contribution < 1.29 is 23.8 Å². The Morgan fingerprint density at radius 1 is 1.33 bits per heavy atom. The highest BCUT2D eigenvalue weighted by molar-refractivity contribution is 6.33. The number of nitrogens with zero attached hydrogens (tertiary/aromatic N) is 1. The molecule has 1 fully saturated rings. The van der Waals surface area contributed by atoms with Gasteiger partial charge in [-0.25, -0.2) is 0 Å². The number of esters is 1. The van der Waals surface area contributed by atoms with Crippen LogP contribution in [0.5, 0.6) is 5.75 Å². The van der Waals surface area contributed by atoms with Crippen molar-refractivity contribution in [3.05, 3.63) is 22.7 Å². The normalized spacial score (nSPS) is 18.9. The summed E-state index contributed by atoms with van der Waals surface area (Å²) in [6.07, 6.45) is 1.70. The Hall–Kier alpha value is -1.74. The molecule has 1 heterocycles. The van der Waals surface area contributed by atoms with Gasteiger partial charge in [0.05, 0.1) is 42.1 Å². The predicted molar refractivity (Wildman–Crippen MR) is 119 cm³/mol. The van der Waals surface area contributed by atoms with Crippen LogP contribution in [0.1, 0.15) is 36.5 Å². The van der Waals surface area contributed by atoms with Crippen LogP contribution in [0.25, 0.3) is 0 Å². The van der Waals surface area contributed by atoms with Crippen LogP contribution in [0.4, 0.5) is 5.69 Å². The lowest BCUT2D eigenvalue weighted by Crippen LogP contribution is -2.54. The molecule has 8 nitrogen and oxygen atoms in total. The Kier molecular flexibility index (Phi) is 11.3. The standard InChI is InChI=1S/C20H30ClN3O5.ClH/c1-4-29-19(25)6-5-8-24-9-7-16(18(12-24)28-3)23-20(26)13-10-14(21)15(22)11-17(13)27-2;/h10-11,16,18H,4-9,12,22H2,1-3H3,(H,23,26);1H/t16-,18+;/m1./s1. The zero-order chi connectivity index (χ0) is 21.4. The molecule has 2 rings (SSSR count). The molecule has 0 spiro atoms. The Morgan fingerprint density at radius 2 is 2.07 bits per heavy atom. The second kappa shape index (κ2) is 12.8. The molecule has 0 unspecified atom stereocenters. The van der Waals surface area contributed by atoms with Crippen LogP contribution >= 0.6 is 24.0 Å². The summed E-state index contributed by atoms with van der Waals surface area (Å²) in [5.74, 6) is -0.0876. The Morgan fingerprint density at radius 3 is 2.70 bits per heavy atom. The molecule has 0 saturated carbocycles. The van der Waals surface area contributed by atoms with Crippen molar-refractivity contribution in [2.45, 2.75) is 38.3 Å². The summed E-state index contributed by atoms with van der Waals surface area (Å²) in [4.78, 5) is 26.5. The van der Waals surface area contributed by atoms with Crippen molar-refractivity contribution in [1.29, 1.82) is 0 Å². The van der Waals surface area contributed by atoms with Gasteiger partial charge in [-0.1, -0.05) is 11.6 Å². The maximum absolute atomic E-state index is 12.8. The minimum absolute atomic E-state index is 0. The van der Waals surface area contributed by atoms with Crippen LogP contribution in [-0.2, 0) is 14.3 Å². The summed E-state index contributed by atoms with van der Waals surface area (Å²) >= 11 is 6.07. The van der Waals surface area contributed by atoms with E-state index in [0.29, 0.717) is 41.6 Å². The van der Waals surface area contributed by atoms with Gasteiger partial charge in [-0.3, -0.25) is 9.59 Å². The highest BCUT2D eigenvalue weighted by atomic mass is 35.5. The summed E-state index contributed by atoms with van der Waals surface area (Å²) in [5, 5.41) is 3.33. The van der Waals surface area contributed by atoms with E-state index in [0.717, 1.165) is 25.9 Å². The van der Waals surface area contributed by atoms with E-state index in [1.54, 1.807) is 14.0 Å². The molecular formula is C20H31Cl2N3O5. The van der Waals surface area contributed by atoms with Gasteiger partial charge in [-0.2, -0.15) is 0 Å². The number of hydrogen-bond acceptors (Lipinski definition) is 7. The van der Waals surface area contributed by atoms with Crippen LogP contribution < -0.4 is 15.8 Å². The second-order valence-corrected chi connectivity index (χ2v) is 7.33. The Balaban J connectivity index is 0.00000450. The number of hydrogen-bond donors (Lipinski definition) is 2. The number of likely N-dealkylation sites (tertiary alicyclic amines) is 1. The molecule has 0 aliphatic carbocycles. The number of nitrogen functional groups attached to an aromatic ring is 1. The molecule has 0 aromatic heterocycles.